The number of hydrogen-bond donors (Lipinski definition) is 0. The molecule has 0 aliphatic rings. The van der Waals surface area contributed by atoms with Gasteiger partial charge in [-0.3, -0.25) is 4.98 Å². The molecule has 0 spiro atoms. The minimum absolute atomic E-state index is 0.345. The molecule has 0 N–H and O–H groups in total. The van der Waals surface area contributed by atoms with E-state index >= 15 is 0 Å². The minimum atomic E-state index is -4.82. The SMILES string of the molecule is Cc1ccc(OC(F)(F)F)c(CF)n1. The molecule has 14 heavy (non-hydrogen) atoms. The van der Waals surface area contributed by atoms with Gasteiger partial charge in [-0.1, -0.05) is 0 Å². The number of alkyl halides is 4. The van der Waals surface area contributed by atoms with Gasteiger partial charge in [-0.05, 0) is 19.1 Å². The van der Waals surface area contributed by atoms with Crippen LogP contribution in [0.4, 0.5) is 17.6 Å². The van der Waals surface area contributed by atoms with Crippen molar-refractivity contribution in [3.8, 4) is 5.75 Å². The van der Waals surface area contributed by atoms with E-state index in [0.29, 0.717) is 5.69 Å². The van der Waals surface area contributed by atoms with Crippen LogP contribution in [0, 0.1) is 6.92 Å². The smallest absolute Gasteiger partial charge is 0.404 e. The third-order valence-corrected chi connectivity index (χ3v) is 1.42. The number of halogens is 4. The van der Waals surface area contributed by atoms with Crippen molar-refractivity contribution in [1.82, 2.24) is 4.98 Å². The summed E-state index contributed by atoms with van der Waals surface area (Å²) in [5.41, 5.74) is 0.0921. The van der Waals surface area contributed by atoms with Gasteiger partial charge in [0, 0.05) is 5.69 Å². The Hall–Kier alpha value is -1.33. The normalized spacial score (nSPS) is 11.5. The van der Waals surface area contributed by atoms with E-state index in [4.69, 9.17) is 0 Å². The Kier molecular flexibility index (Phi) is 2.93. The van der Waals surface area contributed by atoms with Crippen LogP contribution in [0.25, 0.3) is 0 Å². The predicted molar refractivity (Wildman–Crippen MR) is 40.5 cm³/mol. The Morgan fingerprint density at radius 3 is 2.50 bits per heavy atom. The molecule has 0 aromatic carbocycles. The van der Waals surface area contributed by atoms with Crippen molar-refractivity contribution < 1.29 is 22.3 Å². The number of pyridine rings is 1. The molecule has 2 nitrogen and oxygen atoms in total. The molecule has 1 aromatic heterocycles. The molecule has 0 amide bonds. The largest absolute Gasteiger partial charge is 0.573 e. The molecule has 1 aromatic rings. The quantitative estimate of drug-likeness (QED) is 0.698. The highest BCUT2D eigenvalue weighted by Gasteiger charge is 2.32. The van der Waals surface area contributed by atoms with Crippen LogP contribution in [0.1, 0.15) is 11.4 Å². The summed E-state index contributed by atoms with van der Waals surface area (Å²) >= 11 is 0. The summed E-state index contributed by atoms with van der Waals surface area (Å²) in [4.78, 5) is 3.58. The topological polar surface area (TPSA) is 22.1 Å². The third kappa shape index (κ3) is 2.86. The standard InChI is InChI=1S/C8H7F4NO/c1-5-2-3-7(6(4-9)13-5)14-8(10,11)12/h2-3H,4H2,1H3. The second-order valence-electron chi connectivity index (χ2n) is 2.58. The molecule has 1 heterocycles. The Bertz CT molecular complexity index is 324. The zero-order valence-electron chi connectivity index (χ0n) is 7.23. The lowest BCUT2D eigenvalue weighted by atomic mass is 10.3. The van der Waals surface area contributed by atoms with Crippen LogP contribution >= 0.6 is 0 Å². The number of ether oxygens (including phenoxy) is 1. The molecule has 0 radical (unpaired) electrons. The second-order valence-corrected chi connectivity index (χ2v) is 2.58. The van der Waals surface area contributed by atoms with Crippen molar-refractivity contribution in [3.63, 3.8) is 0 Å². The van der Waals surface area contributed by atoms with Gasteiger partial charge in [0.1, 0.15) is 12.4 Å². The van der Waals surface area contributed by atoms with Crippen molar-refractivity contribution >= 4 is 0 Å². The number of nitrogens with zero attached hydrogens (tertiary/aromatic N) is 1. The van der Waals surface area contributed by atoms with Gasteiger partial charge in [0.25, 0.3) is 0 Å². The first-order valence-electron chi connectivity index (χ1n) is 3.70. The van der Waals surface area contributed by atoms with Crippen LogP contribution in [0.2, 0.25) is 0 Å². The van der Waals surface area contributed by atoms with Crippen LogP contribution in [0.3, 0.4) is 0 Å². The zero-order chi connectivity index (χ0) is 10.8. The maximum Gasteiger partial charge on any atom is 0.573 e. The average molecular weight is 209 g/mol. The van der Waals surface area contributed by atoms with Gasteiger partial charge in [-0.25, -0.2) is 4.39 Å². The molecule has 0 unspecified atom stereocenters. The van der Waals surface area contributed by atoms with Crippen LogP contribution < -0.4 is 4.74 Å². The lowest BCUT2D eigenvalue weighted by molar-refractivity contribution is -0.275. The molecular weight excluding hydrogens is 202 g/mol. The Labute approximate surface area is 77.5 Å². The summed E-state index contributed by atoms with van der Waals surface area (Å²) in [5.74, 6) is -0.592. The van der Waals surface area contributed by atoms with E-state index in [1.807, 2.05) is 0 Å². The third-order valence-electron chi connectivity index (χ3n) is 1.42. The summed E-state index contributed by atoms with van der Waals surface area (Å²) < 4.78 is 51.2. The van der Waals surface area contributed by atoms with Crippen LogP contribution in [-0.2, 0) is 6.67 Å². The van der Waals surface area contributed by atoms with E-state index in [1.54, 1.807) is 6.92 Å². The molecular formula is C8H7F4NO. The van der Waals surface area contributed by atoms with Gasteiger partial charge >= 0.3 is 6.36 Å². The summed E-state index contributed by atoms with van der Waals surface area (Å²) in [7, 11) is 0. The maximum absolute atomic E-state index is 12.2. The van der Waals surface area contributed by atoms with Gasteiger partial charge in [-0.15, -0.1) is 13.2 Å². The highest BCUT2D eigenvalue weighted by Crippen LogP contribution is 2.25. The van der Waals surface area contributed by atoms with Crippen molar-refractivity contribution in [3.05, 3.63) is 23.5 Å². The second kappa shape index (κ2) is 3.81. The minimum Gasteiger partial charge on any atom is -0.404 e. The molecule has 0 saturated carbocycles. The Morgan fingerprint density at radius 1 is 1.36 bits per heavy atom. The first-order valence-corrected chi connectivity index (χ1v) is 3.70. The van der Waals surface area contributed by atoms with Crippen molar-refractivity contribution in [2.45, 2.75) is 20.0 Å². The molecule has 0 atom stereocenters. The predicted octanol–water partition coefficient (Wildman–Crippen LogP) is 2.76. The van der Waals surface area contributed by atoms with E-state index in [-0.39, 0.29) is 5.69 Å². The van der Waals surface area contributed by atoms with Gasteiger partial charge in [0.05, 0.1) is 0 Å². The Balaban J connectivity index is 2.97. The van der Waals surface area contributed by atoms with Crippen molar-refractivity contribution in [1.29, 1.82) is 0 Å². The summed E-state index contributed by atoms with van der Waals surface area (Å²) in [5, 5.41) is 0. The Morgan fingerprint density at radius 2 is 2.00 bits per heavy atom. The number of aromatic nitrogens is 1. The number of rotatable bonds is 2. The number of aryl methyl sites for hydroxylation is 1. The lowest BCUT2D eigenvalue weighted by Gasteiger charge is -2.11. The molecule has 6 heteroatoms. The van der Waals surface area contributed by atoms with Gasteiger partial charge in [-0.2, -0.15) is 0 Å². The van der Waals surface area contributed by atoms with E-state index < -0.39 is 18.8 Å². The highest BCUT2D eigenvalue weighted by atomic mass is 19.4. The molecule has 0 saturated heterocycles. The van der Waals surface area contributed by atoms with Gasteiger partial charge < -0.3 is 4.74 Å². The van der Waals surface area contributed by atoms with Gasteiger partial charge in [0.15, 0.2) is 5.75 Å². The lowest BCUT2D eigenvalue weighted by Crippen LogP contribution is -2.18. The summed E-state index contributed by atoms with van der Waals surface area (Å²) in [6.45, 7) is 0.462. The maximum atomic E-state index is 12.2. The van der Waals surface area contributed by atoms with Crippen LogP contribution in [-0.4, -0.2) is 11.3 Å². The van der Waals surface area contributed by atoms with Crippen molar-refractivity contribution in [2.24, 2.45) is 0 Å². The number of hydrogen-bond acceptors (Lipinski definition) is 2. The summed E-state index contributed by atoms with van der Waals surface area (Å²) in [6.07, 6.45) is -4.82. The fourth-order valence-corrected chi connectivity index (χ4v) is 0.911. The van der Waals surface area contributed by atoms with Crippen LogP contribution in [0.5, 0.6) is 5.75 Å². The molecule has 0 bridgehead atoms. The molecule has 0 fully saturated rings. The molecule has 0 aliphatic carbocycles. The van der Waals surface area contributed by atoms with E-state index in [1.165, 1.54) is 6.07 Å². The monoisotopic (exact) mass is 209 g/mol. The molecule has 78 valence electrons. The van der Waals surface area contributed by atoms with Gasteiger partial charge in [0.2, 0.25) is 0 Å². The zero-order valence-corrected chi connectivity index (χ0v) is 7.23. The average Bonchev–Trinajstić information content (AvgIpc) is 2.06. The van der Waals surface area contributed by atoms with E-state index in [2.05, 4.69) is 9.72 Å². The fraction of sp³-hybridized carbons (Fsp3) is 0.375. The van der Waals surface area contributed by atoms with Crippen molar-refractivity contribution in [2.75, 3.05) is 0 Å². The first kappa shape index (κ1) is 10.7. The molecule has 0 aliphatic heterocycles. The fourth-order valence-electron chi connectivity index (χ4n) is 0.911. The van der Waals surface area contributed by atoms with E-state index in [9.17, 15) is 17.6 Å². The summed E-state index contributed by atoms with van der Waals surface area (Å²) in [6, 6.07) is 2.37. The highest BCUT2D eigenvalue weighted by molar-refractivity contribution is 5.28. The first-order chi connectivity index (χ1) is 6.42. The van der Waals surface area contributed by atoms with E-state index in [0.717, 1.165) is 6.07 Å². The van der Waals surface area contributed by atoms with Crippen LogP contribution in [0.15, 0.2) is 12.1 Å². The molecule has 1 rings (SSSR count).